The normalized spacial score (nSPS) is 24.2. The van der Waals surface area contributed by atoms with E-state index in [0.717, 1.165) is 5.56 Å². The van der Waals surface area contributed by atoms with Crippen LogP contribution in [-0.4, -0.2) is 38.8 Å². The summed E-state index contributed by atoms with van der Waals surface area (Å²) < 4.78 is 55.9. The van der Waals surface area contributed by atoms with E-state index in [1.165, 1.54) is 19.2 Å². The highest BCUT2D eigenvalue weighted by Gasteiger charge is 2.31. The Balaban J connectivity index is 0.00000261. The van der Waals surface area contributed by atoms with Gasteiger partial charge in [0.25, 0.3) is 0 Å². The van der Waals surface area contributed by atoms with Crippen LogP contribution in [0.2, 0.25) is 0 Å². The second-order valence-electron chi connectivity index (χ2n) is 6.00. The molecule has 1 aromatic rings. The van der Waals surface area contributed by atoms with E-state index in [1.807, 2.05) is 0 Å². The molecule has 1 unspecified atom stereocenters. The fourth-order valence-electron chi connectivity index (χ4n) is 2.71. The number of alkyl halides is 2. The molecule has 2 atom stereocenters. The summed E-state index contributed by atoms with van der Waals surface area (Å²) in [5.74, 6) is -0.909. The summed E-state index contributed by atoms with van der Waals surface area (Å²) in [7, 11) is 1.32. The van der Waals surface area contributed by atoms with Gasteiger partial charge in [-0.05, 0) is 48.8 Å². The Bertz CT molecular complexity index is 676. The number of halogens is 3. The first-order valence-electron chi connectivity index (χ1n) is 8.89. The molecule has 8 heteroatoms. The average Bonchev–Trinajstić information content (AvgIpc) is 3.34. The van der Waals surface area contributed by atoms with Gasteiger partial charge in [0, 0.05) is 6.54 Å². The van der Waals surface area contributed by atoms with Gasteiger partial charge in [0.15, 0.2) is 11.5 Å². The number of carbonyl (C=O) groups is 1. The molecule has 0 aromatic heterocycles. The van der Waals surface area contributed by atoms with Crippen LogP contribution in [0, 0.1) is 5.92 Å². The molecule has 0 amide bonds. The summed E-state index contributed by atoms with van der Waals surface area (Å²) in [6.07, 6.45) is 1.90. The van der Waals surface area contributed by atoms with Crippen LogP contribution in [0.25, 0.3) is 0 Å². The Morgan fingerprint density at radius 2 is 2.16 bits per heavy atom. The van der Waals surface area contributed by atoms with Gasteiger partial charge >= 0.3 is 12.6 Å². The molecule has 3 rings (SSSR count). The number of carbonyl (C=O) groups excluding carboxylic acids is 1. The minimum absolute atomic E-state index is 0. The molecule has 1 aliphatic heterocycles. The molecule has 1 saturated heterocycles. The Morgan fingerprint density at radius 3 is 2.80 bits per heavy atom. The number of hydrogen-bond donors (Lipinski definition) is 1. The van der Waals surface area contributed by atoms with Crippen molar-refractivity contribution in [1.29, 1.82) is 0 Å². The fraction of sp³-hybridized carbons (Fsp3) is 0.588. The molecular weight excluding hydrogens is 356 g/mol. The van der Waals surface area contributed by atoms with E-state index in [1.54, 1.807) is 6.07 Å². The Kier molecular flexibility index (Phi) is 5.84. The maximum Gasteiger partial charge on any atom is 0.387 e. The van der Waals surface area contributed by atoms with E-state index in [2.05, 4.69) is 10.1 Å². The smallest absolute Gasteiger partial charge is 0.387 e. The van der Waals surface area contributed by atoms with Crippen molar-refractivity contribution >= 4 is 18.4 Å². The Morgan fingerprint density at radius 1 is 1.40 bits per heavy atom. The number of methoxy groups -OCH3 is 1. The number of hydrogen-bond acceptors (Lipinski definition) is 5. The van der Waals surface area contributed by atoms with Crippen molar-refractivity contribution in [2.75, 3.05) is 20.2 Å². The molecule has 0 radical (unpaired) electrons. The van der Waals surface area contributed by atoms with Crippen LogP contribution < -0.4 is 14.8 Å². The number of rotatable bonds is 7. The van der Waals surface area contributed by atoms with Gasteiger partial charge < -0.3 is 19.5 Å². The monoisotopic (exact) mass is 379 g/mol. The van der Waals surface area contributed by atoms with Gasteiger partial charge in [0.05, 0.1) is 16.4 Å². The zero-order valence-corrected chi connectivity index (χ0v) is 14.5. The molecule has 5 nitrogen and oxygen atoms in total. The third kappa shape index (κ3) is 5.19. The molecular formula is C17H22ClF2NO4. The summed E-state index contributed by atoms with van der Waals surface area (Å²) in [4.78, 5) is 11.6. The predicted octanol–water partition coefficient (Wildman–Crippen LogP) is 3.12. The molecule has 1 saturated carbocycles. The van der Waals surface area contributed by atoms with Crippen LogP contribution in [-0.2, 0) is 9.53 Å². The van der Waals surface area contributed by atoms with Crippen molar-refractivity contribution in [3.63, 3.8) is 0 Å². The van der Waals surface area contributed by atoms with Crippen LogP contribution in [0.15, 0.2) is 18.2 Å². The molecule has 0 bridgehead atoms. The van der Waals surface area contributed by atoms with E-state index in [-0.39, 0.29) is 41.7 Å². The summed E-state index contributed by atoms with van der Waals surface area (Å²) in [5.41, 5.74) is 0.757. The molecule has 1 aliphatic carbocycles. The largest absolute Gasteiger partial charge is 0.489 e. The van der Waals surface area contributed by atoms with Crippen molar-refractivity contribution in [3.8, 4) is 11.5 Å². The van der Waals surface area contributed by atoms with Gasteiger partial charge in [0.1, 0.15) is 6.04 Å². The molecule has 1 N–H and O–H groups in total. The first kappa shape index (κ1) is 16.8. The van der Waals surface area contributed by atoms with Gasteiger partial charge in [-0.1, -0.05) is 6.07 Å². The third-order valence-electron chi connectivity index (χ3n) is 4.18. The third-order valence-corrected chi connectivity index (χ3v) is 4.18. The van der Waals surface area contributed by atoms with Crippen LogP contribution in [0.1, 0.15) is 33.5 Å². The lowest BCUT2D eigenvalue weighted by Crippen LogP contribution is -2.31. The fourth-order valence-corrected chi connectivity index (χ4v) is 2.71. The number of nitrogens with one attached hydrogen (secondary N) is 1. The van der Waals surface area contributed by atoms with Crippen LogP contribution in [0.4, 0.5) is 8.78 Å². The standard InChI is InChI=1S/C17H21F2NO4.ClH/c1-22-16(21)13-6-12(8-20-13)11-4-5-14(24-17(18)19)15(7-11)23-9-10-2-3-10;/h4-5,7,10,12-13,17,20H,2-3,6,8-9H2,1H3;1H/t12?,13-;/m1./s1/i9D2;. The molecule has 25 heavy (non-hydrogen) atoms. The highest BCUT2D eigenvalue weighted by atomic mass is 35.5. The first-order valence-corrected chi connectivity index (χ1v) is 7.89. The van der Waals surface area contributed by atoms with Gasteiger partial charge in [-0.2, -0.15) is 8.78 Å². The van der Waals surface area contributed by atoms with Crippen LogP contribution in [0.5, 0.6) is 11.5 Å². The van der Waals surface area contributed by atoms with Gasteiger partial charge in [-0.15, -0.1) is 12.4 Å². The van der Waals surface area contributed by atoms with E-state index in [0.29, 0.717) is 25.8 Å². The number of ether oxygens (including phenoxy) is 3. The topological polar surface area (TPSA) is 56.8 Å². The summed E-state index contributed by atoms with van der Waals surface area (Å²) in [5, 5.41) is 3.06. The number of esters is 1. The van der Waals surface area contributed by atoms with Crippen molar-refractivity contribution in [2.45, 2.75) is 37.8 Å². The van der Waals surface area contributed by atoms with Crippen LogP contribution >= 0.6 is 12.4 Å². The first-order chi connectivity index (χ1) is 12.3. The maximum absolute atomic E-state index is 12.7. The SMILES string of the molecule is Cl.[2H]C([2H])(Oc1cc(C2CN[C@@H](C(=O)OC)C2)ccc1OC(F)F)C1CC1. The van der Waals surface area contributed by atoms with Gasteiger partial charge in [-0.3, -0.25) is 4.79 Å². The second-order valence-corrected chi connectivity index (χ2v) is 6.00. The zero-order valence-electron chi connectivity index (χ0n) is 15.7. The predicted molar refractivity (Wildman–Crippen MR) is 89.7 cm³/mol. The van der Waals surface area contributed by atoms with E-state index >= 15 is 0 Å². The molecule has 1 heterocycles. The van der Waals surface area contributed by atoms with Crippen molar-refractivity contribution in [1.82, 2.24) is 5.32 Å². The molecule has 140 valence electrons. The molecule has 2 aliphatic rings. The van der Waals surface area contributed by atoms with E-state index in [4.69, 9.17) is 12.2 Å². The van der Waals surface area contributed by atoms with Crippen molar-refractivity contribution in [3.05, 3.63) is 23.8 Å². The van der Waals surface area contributed by atoms with Crippen LogP contribution in [0.3, 0.4) is 0 Å². The quantitative estimate of drug-likeness (QED) is 0.738. The second kappa shape index (κ2) is 8.67. The Hall–Kier alpha value is -1.60. The zero-order chi connectivity index (χ0) is 18.9. The maximum atomic E-state index is 12.7. The highest BCUT2D eigenvalue weighted by Crippen LogP contribution is 2.37. The van der Waals surface area contributed by atoms with Gasteiger partial charge in [-0.25, -0.2) is 0 Å². The summed E-state index contributed by atoms with van der Waals surface area (Å²) >= 11 is 0. The lowest BCUT2D eigenvalue weighted by Gasteiger charge is -2.16. The summed E-state index contributed by atoms with van der Waals surface area (Å²) in [6, 6.07) is 4.07. The van der Waals surface area contributed by atoms with Gasteiger partial charge in [0.2, 0.25) is 0 Å². The molecule has 0 spiro atoms. The minimum atomic E-state index is -3.04. The summed E-state index contributed by atoms with van der Waals surface area (Å²) in [6.45, 7) is -4.46. The van der Waals surface area contributed by atoms with E-state index < -0.39 is 19.2 Å². The lowest BCUT2D eigenvalue weighted by molar-refractivity contribution is -0.142. The van der Waals surface area contributed by atoms with Crippen molar-refractivity contribution < 1.29 is 30.5 Å². The number of benzene rings is 1. The molecule has 1 aromatic carbocycles. The average molecular weight is 380 g/mol. The van der Waals surface area contributed by atoms with Crippen molar-refractivity contribution in [2.24, 2.45) is 5.92 Å². The molecule has 2 fully saturated rings. The van der Waals surface area contributed by atoms with E-state index in [9.17, 15) is 13.6 Å². The Labute approximate surface area is 154 Å². The minimum Gasteiger partial charge on any atom is -0.489 e. The highest BCUT2D eigenvalue weighted by molar-refractivity contribution is 5.85. The lowest BCUT2D eigenvalue weighted by atomic mass is 9.96.